The van der Waals surface area contributed by atoms with Crippen molar-refractivity contribution < 1.29 is 4.62 Å². The van der Waals surface area contributed by atoms with Gasteiger partial charge in [-0.1, -0.05) is 12.1 Å². The van der Waals surface area contributed by atoms with E-state index in [9.17, 15) is 0 Å². The molecule has 5 nitrogen and oxygen atoms in total. The highest BCUT2D eigenvalue weighted by atomic mass is 31.1. The number of hydrogen-bond acceptors (Lipinski definition) is 5. The van der Waals surface area contributed by atoms with Crippen molar-refractivity contribution in [1.82, 2.24) is 4.67 Å². The fourth-order valence-corrected chi connectivity index (χ4v) is 1.24. The molecule has 0 aromatic heterocycles. The van der Waals surface area contributed by atoms with Gasteiger partial charge in [0.05, 0.1) is 5.69 Å². The van der Waals surface area contributed by atoms with E-state index in [-0.39, 0.29) is 8.96 Å². The van der Waals surface area contributed by atoms with Gasteiger partial charge in [-0.25, -0.2) is 11.0 Å². The minimum Gasteiger partial charge on any atom is -0.225 e. The maximum absolute atomic E-state index is 6.93. The fraction of sp³-hybridized carbons (Fsp3) is 0.250. The summed E-state index contributed by atoms with van der Waals surface area (Å²) in [6.45, 7) is 0. The molecule has 76 valence electrons. The van der Waals surface area contributed by atoms with Gasteiger partial charge in [-0.05, 0) is 12.1 Å². The lowest BCUT2D eigenvalue weighted by molar-refractivity contribution is 0.428. The van der Waals surface area contributed by atoms with Gasteiger partial charge in [0.2, 0.25) is 8.96 Å². The molecule has 2 N–H and O–H groups in total. The van der Waals surface area contributed by atoms with Crippen LogP contribution in [0.25, 0.3) is 0 Å². The van der Waals surface area contributed by atoms with Crippen LogP contribution in [0.1, 0.15) is 0 Å². The van der Waals surface area contributed by atoms with Crippen molar-refractivity contribution in [2.75, 3.05) is 19.6 Å². The zero-order chi connectivity index (χ0) is 10.4. The molecular weight excluding hydrogens is 199 g/mol. The Morgan fingerprint density at radius 2 is 2.14 bits per heavy atom. The van der Waals surface area contributed by atoms with Gasteiger partial charge >= 0.3 is 0 Å². The second kappa shape index (κ2) is 5.65. The zero-order valence-electron chi connectivity index (χ0n) is 8.19. The summed E-state index contributed by atoms with van der Waals surface area (Å²) in [6, 6.07) is 7.27. The Morgan fingerprint density at radius 1 is 1.43 bits per heavy atom. The normalized spacial score (nSPS) is 11.1. The molecule has 0 aliphatic heterocycles. The van der Waals surface area contributed by atoms with Gasteiger partial charge < -0.3 is 0 Å². The highest BCUT2D eigenvalue weighted by Crippen LogP contribution is 2.26. The maximum Gasteiger partial charge on any atom is 0.222 e. The Kier molecular flexibility index (Phi) is 4.46. The Hall–Kier alpha value is -1.03. The van der Waals surface area contributed by atoms with Crippen LogP contribution in [-0.2, 0) is 4.62 Å². The van der Waals surface area contributed by atoms with Crippen molar-refractivity contribution in [3.8, 4) is 0 Å². The third-order valence-electron chi connectivity index (χ3n) is 1.46. The van der Waals surface area contributed by atoms with Crippen LogP contribution in [0.2, 0.25) is 0 Å². The highest BCUT2D eigenvalue weighted by molar-refractivity contribution is 7.29. The van der Waals surface area contributed by atoms with Gasteiger partial charge in [0, 0.05) is 14.1 Å². The van der Waals surface area contributed by atoms with E-state index in [0.717, 1.165) is 5.69 Å². The van der Waals surface area contributed by atoms with Crippen LogP contribution >= 0.6 is 8.96 Å². The number of anilines is 1. The van der Waals surface area contributed by atoms with Gasteiger partial charge in [0.25, 0.3) is 0 Å². The van der Waals surface area contributed by atoms with E-state index in [1.165, 1.54) is 0 Å². The van der Waals surface area contributed by atoms with Crippen LogP contribution in [0.4, 0.5) is 11.4 Å². The Morgan fingerprint density at radius 3 is 2.79 bits per heavy atom. The first-order chi connectivity index (χ1) is 6.74. The first kappa shape index (κ1) is 11.0. The number of hydrogen-bond donors (Lipinski definition) is 2. The molecule has 0 fully saturated rings. The van der Waals surface area contributed by atoms with Crippen molar-refractivity contribution in [2.24, 2.45) is 5.11 Å². The molecule has 1 rings (SSSR count). The highest BCUT2D eigenvalue weighted by Gasteiger charge is 2.02. The molecule has 1 atom stereocenters. The van der Waals surface area contributed by atoms with Gasteiger partial charge in [-0.2, -0.15) is 9.78 Å². The molecule has 1 aromatic rings. The molecule has 6 heteroatoms. The summed E-state index contributed by atoms with van der Waals surface area (Å²) in [6.07, 6.45) is 0. The van der Waals surface area contributed by atoms with E-state index in [4.69, 9.17) is 10.2 Å². The average Bonchev–Trinajstić information content (AvgIpc) is 2.18. The summed E-state index contributed by atoms with van der Waals surface area (Å²) in [5.41, 5.74) is 11.0. The van der Waals surface area contributed by atoms with Gasteiger partial charge in [-0.3, -0.25) is 0 Å². The predicted octanol–water partition coefficient (Wildman–Crippen LogP) is 2.49. The Balaban J connectivity index is 2.53. The van der Waals surface area contributed by atoms with Crippen LogP contribution in [-0.4, -0.2) is 18.8 Å². The first-order valence-electron chi connectivity index (χ1n) is 4.12. The molecule has 0 spiro atoms. The van der Waals surface area contributed by atoms with Crippen molar-refractivity contribution in [3.63, 3.8) is 0 Å². The molecular formula is C8H14N4OP+. The SMILES string of the molecule is CN(C)[PH2+]ONc1ccccc1N=N. The van der Waals surface area contributed by atoms with E-state index in [1.54, 1.807) is 6.07 Å². The molecule has 0 radical (unpaired) electrons. The minimum atomic E-state index is -0.235. The second-order valence-corrected chi connectivity index (χ2v) is 4.40. The van der Waals surface area contributed by atoms with Gasteiger partial charge in [0.1, 0.15) is 5.69 Å². The fourth-order valence-electron chi connectivity index (χ4n) is 0.853. The van der Waals surface area contributed by atoms with Crippen LogP contribution in [0.3, 0.4) is 0 Å². The minimum absolute atomic E-state index is 0.235. The Labute approximate surface area is 84.8 Å². The molecule has 0 aliphatic carbocycles. The van der Waals surface area contributed by atoms with Crippen molar-refractivity contribution in [3.05, 3.63) is 24.3 Å². The van der Waals surface area contributed by atoms with Crippen molar-refractivity contribution in [2.45, 2.75) is 0 Å². The lowest BCUT2D eigenvalue weighted by Gasteiger charge is -2.05. The summed E-state index contributed by atoms with van der Waals surface area (Å²) in [5, 5.41) is 3.37. The lowest BCUT2D eigenvalue weighted by Crippen LogP contribution is -2.02. The van der Waals surface area contributed by atoms with Crippen molar-refractivity contribution >= 4 is 20.3 Å². The van der Waals surface area contributed by atoms with E-state index in [1.807, 2.05) is 37.0 Å². The maximum atomic E-state index is 6.93. The molecule has 1 aromatic carbocycles. The number of benzene rings is 1. The van der Waals surface area contributed by atoms with E-state index in [2.05, 4.69) is 10.6 Å². The van der Waals surface area contributed by atoms with E-state index >= 15 is 0 Å². The largest absolute Gasteiger partial charge is 0.225 e. The predicted molar refractivity (Wildman–Crippen MR) is 59.4 cm³/mol. The summed E-state index contributed by atoms with van der Waals surface area (Å²) in [7, 11) is 3.65. The molecule has 0 saturated heterocycles. The summed E-state index contributed by atoms with van der Waals surface area (Å²) in [4.78, 5) is 0. The Bertz CT molecular complexity index is 305. The molecule has 0 heterocycles. The molecule has 0 saturated carbocycles. The molecule has 1 unspecified atom stereocenters. The van der Waals surface area contributed by atoms with Gasteiger partial charge in [0.15, 0.2) is 0 Å². The third-order valence-corrected chi connectivity index (χ3v) is 2.10. The van der Waals surface area contributed by atoms with Crippen LogP contribution < -0.4 is 5.48 Å². The number of rotatable bonds is 5. The quantitative estimate of drug-likeness (QED) is 0.448. The van der Waals surface area contributed by atoms with E-state index in [0.29, 0.717) is 5.69 Å². The molecule has 0 amide bonds. The van der Waals surface area contributed by atoms with Crippen LogP contribution in [0.15, 0.2) is 29.4 Å². The van der Waals surface area contributed by atoms with Crippen LogP contribution in [0.5, 0.6) is 0 Å². The lowest BCUT2D eigenvalue weighted by atomic mass is 10.3. The van der Waals surface area contributed by atoms with Gasteiger partial charge in [-0.15, -0.1) is 4.62 Å². The summed E-state index contributed by atoms with van der Waals surface area (Å²) < 4.78 is 7.21. The van der Waals surface area contributed by atoms with Crippen LogP contribution in [0, 0.1) is 5.53 Å². The number of nitrogens with one attached hydrogen (secondary N) is 2. The molecule has 0 aliphatic rings. The second-order valence-electron chi connectivity index (χ2n) is 2.92. The average molecular weight is 213 g/mol. The molecule has 14 heavy (non-hydrogen) atoms. The monoisotopic (exact) mass is 213 g/mol. The topological polar surface area (TPSA) is 60.7 Å². The summed E-state index contributed by atoms with van der Waals surface area (Å²) >= 11 is 0. The number of nitrogens with zero attached hydrogens (tertiary/aromatic N) is 2. The van der Waals surface area contributed by atoms with Crippen molar-refractivity contribution in [1.29, 1.82) is 5.53 Å². The standard InChI is InChI=1S/C8H13N4OP/c1-12(2)14-13-11-8-6-4-3-5-7(8)10-9/h3-6,9,11,14H,1-2H3/p+1. The van der Waals surface area contributed by atoms with E-state index < -0.39 is 0 Å². The molecule has 0 bridgehead atoms. The number of para-hydroxylation sites is 2. The third kappa shape index (κ3) is 3.38. The first-order valence-corrected chi connectivity index (χ1v) is 5.10. The summed E-state index contributed by atoms with van der Waals surface area (Å²) in [5.74, 6) is 0. The zero-order valence-corrected chi connectivity index (χ0v) is 9.34. The smallest absolute Gasteiger partial charge is 0.222 e.